The number of halogens is 1. The number of benzene rings is 1. The number of hydrogen-bond donors (Lipinski definition) is 0. The molecule has 0 unspecified atom stereocenters. The molecular weight excluding hydrogens is 570 g/mol. The number of fused-ring (bicyclic) bond motifs is 2. The average molecular weight is 614 g/mol. The first-order valence-corrected chi connectivity index (χ1v) is 19.1. The summed E-state index contributed by atoms with van der Waals surface area (Å²) in [6.45, 7) is 17.9. The minimum Gasteiger partial charge on any atom is -0.414 e. The number of nitrogens with zero attached hydrogens (tertiary/aromatic N) is 3. The zero-order valence-electron chi connectivity index (χ0n) is 26.0. The summed E-state index contributed by atoms with van der Waals surface area (Å²) in [6.07, 6.45) is 2.18. The number of hydrogen-bond acceptors (Lipinski definition) is 7. The van der Waals surface area contributed by atoms with Gasteiger partial charge in [-0.25, -0.2) is 14.4 Å². The highest BCUT2D eigenvalue weighted by molar-refractivity contribution is 6.84. The predicted molar refractivity (Wildman–Crippen MR) is 164 cm³/mol. The average Bonchev–Trinajstić information content (AvgIpc) is 3.49. The van der Waals surface area contributed by atoms with E-state index in [1.807, 2.05) is 18.2 Å². The molecule has 0 aliphatic carbocycles. The van der Waals surface area contributed by atoms with E-state index in [1.165, 1.54) is 12.5 Å². The smallest absolute Gasteiger partial charge is 0.335 e. The van der Waals surface area contributed by atoms with Gasteiger partial charge >= 0.3 is 17.1 Å². The second kappa shape index (κ2) is 12.0. The van der Waals surface area contributed by atoms with Crippen LogP contribution >= 0.6 is 0 Å². The van der Waals surface area contributed by atoms with E-state index in [9.17, 15) is 4.79 Å². The van der Waals surface area contributed by atoms with Crippen LogP contribution in [0, 0.1) is 5.82 Å². The maximum Gasteiger partial charge on any atom is 0.335 e. The molecule has 8 nitrogen and oxygen atoms in total. The summed E-state index contributed by atoms with van der Waals surface area (Å²) in [6, 6.07) is 8.97. The largest absolute Gasteiger partial charge is 0.414 e. The molecule has 0 amide bonds. The van der Waals surface area contributed by atoms with Crippen LogP contribution in [0.4, 0.5) is 4.39 Å². The molecule has 3 aromatic rings. The molecule has 5 rings (SSSR count). The number of ketones is 1. The van der Waals surface area contributed by atoms with E-state index in [1.54, 1.807) is 16.7 Å². The molecular formula is C31H44FN3O5Si2. The molecule has 0 radical (unpaired) electrons. The topological polar surface area (TPSA) is 84.7 Å². The molecule has 0 spiro atoms. The highest BCUT2D eigenvalue weighted by atomic mass is 28.5. The van der Waals surface area contributed by atoms with Gasteiger partial charge in [0.15, 0.2) is 11.6 Å². The maximum absolute atomic E-state index is 15.6. The maximum atomic E-state index is 15.6. The third-order valence-corrected chi connectivity index (χ3v) is 19.2. The number of rotatable bonds is 8. The number of aromatic nitrogens is 3. The van der Waals surface area contributed by atoms with Gasteiger partial charge in [0, 0.05) is 18.2 Å². The van der Waals surface area contributed by atoms with Crippen molar-refractivity contribution in [2.24, 2.45) is 0 Å². The van der Waals surface area contributed by atoms with Gasteiger partial charge in [-0.3, -0.25) is 4.79 Å². The van der Waals surface area contributed by atoms with Crippen molar-refractivity contribution in [3.8, 4) is 0 Å². The lowest BCUT2D eigenvalue weighted by Crippen LogP contribution is -2.65. The number of Topliss-reactive ketones (excluding diaryl/α,β-unsaturated/α-hetero) is 1. The Morgan fingerprint density at radius 3 is 2.21 bits per heavy atom. The van der Waals surface area contributed by atoms with Crippen LogP contribution in [0.3, 0.4) is 0 Å². The molecule has 0 saturated carbocycles. The van der Waals surface area contributed by atoms with Crippen molar-refractivity contribution in [3.05, 3.63) is 59.9 Å². The lowest BCUT2D eigenvalue weighted by Gasteiger charge is -2.51. The fourth-order valence-electron chi connectivity index (χ4n) is 6.64. The van der Waals surface area contributed by atoms with Crippen molar-refractivity contribution in [2.45, 2.75) is 109 Å². The van der Waals surface area contributed by atoms with Gasteiger partial charge in [-0.15, -0.1) is 0 Å². The standard InChI is InChI=1S/C31H44FN3O5Si2/c1-19(2)41(20(3)4)37-17-28-27(39-42(40-41,21(5)6)22(7)8)15-29(38-28)35-16-24(32)30-25(33-18-34-31(30)35)14-26(36)23-12-10-9-11-13-23/h9-13,16,18-22,27-29H,14-15,17H2,1-8H3/t27-,28+,29+/m0/s1. The first-order chi connectivity index (χ1) is 19.9. The van der Waals surface area contributed by atoms with Gasteiger partial charge in [0.25, 0.3) is 0 Å². The third-order valence-electron chi connectivity index (χ3n) is 8.90. The third kappa shape index (κ3) is 5.43. The van der Waals surface area contributed by atoms with E-state index >= 15 is 4.39 Å². The second-order valence-corrected chi connectivity index (χ2v) is 21.7. The molecule has 42 heavy (non-hydrogen) atoms. The summed E-state index contributed by atoms with van der Waals surface area (Å²) < 4.78 is 45.2. The summed E-state index contributed by atoms with van der Waals surface area (Å²) >= 11 is 0. The van der Waals surface area contributed by atoms with Gasteiger partial charge in [-0.2, -0.15) is 0 Å². The minimum absolute atomic E-state index is 0.0248. The van der Waals surface area contributed by atoms with Gasteiger partial charge in [0.2, 0.25) is 0 Å². The van der Waals surface area contributed by atoms with Gasteiger partial charge in [0.05, 0.1) is 30.2 Å². The minimum atomic E-state index is -2.80. The zero-order valence-corrected chi connectivity index (χ0v) is 28.0. The van der Waals surface area contributed by atoms with E-state index in [4.69, 9.17) is 17.7 Å². The fraction of sp³-hybridized carbons (Fsp3) is 0.581. The molecule has 3 atom stereocenters. The van der Waals surface area contributed by atoms with Crippen LogP contribution in [0.15, 0.2) is 42.9 Å². The molecule has 0 bridgehead atoms. The zero-order chi connectivity index (χ0) is 30.4. The van der Waals surface area contributed by atoms with Crippen LogP contribution < -0.4 is 0 Å². The van der Waals surface area contributed by atoms with E-state index < -0.39 is 29.2 Å². The first kappa shape index (κ1) is 31.1. The van der Waals surface area contributed by atoms with E-state index in [0.717, 1.165) is 0 Å². The van der Waals surface area contributed by atoms with E-state index in [2.05, 4.69) is 65.4 Å². The van der Waals surface area contributed by atoms with Crippen molar-refractivity contribution in [2.75, 3.05) is 6.61 Å². The summed E-state index contributed by atoms with van der Waals surface area (Å²) in [4.78, 5) is 21.7. The molecule has 11 heteroatoms. The fourth-order valence-corrected chi connectivity index (χ4v) is 17.9. The number of carbonyl (C=O) groups is 1. The van der Waals surface area contributed by atoms with E-state index in [-0.39, 0.29) is 52.0 Å². The highest BCUT2D eigenvalue weighted by Crippen LogP contribution is 2.48. The quantitative estimate of drug-likeness (QED) is 0.196. The Bertz CT molecular complexity index is 1400. The Hall–Kier alpha value is -2.29. The number of ether oxygens (including phenoxy) is 1. The molecule has 2 saturated heterocycles. The Kier molecular flexibility index (Phi) is 8.91. The molecule has 4 heterocycles. The molecule has 2 fully saturated rings. The van der Waals surface area contributed by atoms with Crippen LogP contribution in [0.2, 0.25) is 22.2 Å². The Morgan fingerprint density at radius 1 is 0.952 bits per heavy atom. The number of carbonyl (C=O) groups excluding carboxylic acids is 1. The lowest BCUT2D eigenvalue weighted by atomic mass is 10.1. The van der Waals surface area contributed by atoms with Crippen molar-refractivity contribution in [1.82, 2.24) is 14.5 Å². The first-order valence-electron chi connectivity index (χ1n) is 15.1. The van der Waals surface area contributed by atoms with Crippen molar-refractivity contribution < 1.29 is 26.9 Å². The van der Waals surface area contributed by atoms with E-state index in [0.29, 0.717) is 29.9 Å². The van der Waals surface area contributed by atoms with Crippen molar-refractivity contribution in [3.63, 3.8) is 0 Å². The highest BCUT2D eigenvalue weighted by Gasteiger charge is 2.60. The molecule has 2 aliphatic rings. The van der Waals surface area contributed by atoms with Crippen molar-refractivity contribution in [1.29, 1.82) is 0 Å². The predicted octanol–water partition coefficient (Wildman–Crippen LogP) is 7.24. The van der Waals surface area contributed by atoms with Gasteiger partial charge in [0.1, 0.15) is 24.3 Å². The summed E-state index contributed by atoms with van der Waals surface area (Å²) in [5.74, 6) is -0.607. The van der Waals surface area contributed by atoms with Crippen LogP contribution in [0.5, 0.6) is 0 Å². The Balaban J connectivity index is 1.48. The van der Waals surface area contributed by atoms with Crippen LogP contribution in [0.25, 0.3) is 11.0 Å². The molecule has 2 aromatic heterocycles. The monoisotopic (exact) mass is 613 g/mol. The van der Waals surface area contributed by atoms with Crippen molar-refractivity contribution >= 4 is 33.9 Å². The van der Waals surface area contributed by atoms with Gasteiger partial charge < -0.3 is 22.3 Å². The van der Waals surface area contributed by atoms with Gasteiger partial charge in [-0.05, 0) is 22.2 Å². The van der Waals surface area contributed by atoms with Gasteiger partial charge in [-0.1, -0.05) is 85.7 Å². The van der Waals surface area contributed by atoms with Crippen LogP contribution in [-0.4, -0.2) is 56.3 Å². The molecule has 2 aliphatic heterocycles. The normalized spacial score (nSPS) is 24.0. The summed E-state index contributed by atoms with van der Waals surface area (Å²) in [7, 11) is -5.49. The molecule has 0 N–H and O–H groups in total. The molecule has 1 aromatic carbocycles. The molecule has 228 valence electrons. The Morgan fingerprint density at radius 2 is 1.60 bits per heavy atom. The van der Waals surface area contributed by atoms with Crippen LogP contribution in [-0.2, 0) is 24.1 Å². The Labute approximate surface area is 250 Å². The lowest BCUT2D eigenvalue weighted by molar-refractivity contribution is -0.0544. The second-order valence-electron chi connectivity index (χ2n) is 12.9. The van der Waals surface area contributed by atoms with Crippen LogP contribution in [0.1, 0.15) is 84.1 Å². The summed E-state index contributed by atoms with van der Waals surface area (Å²) in [5, 5.41) is 0.245. The summed E-state index contributed by atoms with van der Waals surface area (Å²) in [5.41, 5.74) is 2.18. The SMILES string of the molecule is CC(C)[Si]1(C(C)C)OC[C@H]2O[C@@H](n3cc(F)c4c(CC(=O)c5ccccc5)ncnc43)C[C@@H]2O[Si](C(C)C)(C(C)C)O1.